The second-order valence-electron chi connectivity index (χ2n) is 2.65. The van der Waals surface area contributed by atoms with Crippen LogP contribution in [0.5, 0.6) is 5.75 Å². The molecule has 0 fully saturated rings. The highest BCUT2D eigenvalue weighted by molar-refractivity contribution is 5.37. The number of hydrogen-bond donors (Lipinski definition) is 0. The van der Waals surface area contributed by atoms with E-state index in [0.29, 0.717) is 11.1 Å². The van der Waals surface area contributed by atoms with Gasteiger partial charge in [0.1, 0.15) is 5.75 Å². The van der Waals surface area contributed by atoms with Crippen molar-refractivity contribution in [3.05, 3.63) is 36.2 Å². The van der Waals surface area contributed by atoms with Crippen LogP contribution in [-0.4, -0.2) is 6.36 Å². The van der Waals surface area contributed by atoms with Crippen molar-refractivity contribution in [1.82, 2.24) is 0 Å². The zero-order valence-electron chi connectivity index (χ0n) is 6.98. The zero-order valence-corrected chi connectivity index (χ0v) is 6.98. The van der Waals surface area contributed by atoms with Crippen LogP contribution in [0, 0.1) is 13.8 Å². The lowest BCUT2D eigenvalue weighted by Gasteiger charge is -2.11. The molecule has 1 aromatic carbocycles. The van der Waals surface area contributed by atoms with Gasteiger partial charge < -0.3 is 4.74 Å². The zero-order chi connectivity index (χ0) is 10.1. The maximum absolute atomic E-state index is 11.8. The van der Waals surface area contributed by atoms with Gasteiger partial charge in [-0.15, -0.1) is 13.2 Å². The molecular formula is C9H8F3O. The molecule has 0 aliphatic rings. The molecule has 0 spiro atoms. The van der Waals surface area contributed by atoms with E-state index in [2.05, 4.69) is 11.7 Å². The quantitative estimate of drug-likeness (QED) is 0.659. The Labute approximate surface area is 74.1 Å². The van der Waals surface area contributed by atoms with Crippen LogP contribution in [0.2, 0.25) is 0 Å². The minimum atomic E-state index is -4.64. The van der Waals surface area contributed by atoms with Crippen LogP contribution in [0.15, 0.2) is 18.2 Å². The Morgan fingerprint density at radius 3 is 2.46 bits per heavy atom. The molecule has 71 valence electrons. The molecule has 1 rings (SSSR count). The minimum Gasteiger partial charge on any atom is -0.406 e. The predicted molar refractivity (Wildman–Crippen MR) is 42.3 cm³/mol. The summed E-state index contributed by atoms with van der Waals surface area (Å²) in [4.78, 5) is 0. The van der Waals surface area contributed by atoms with E-state index in [0.717, 1.165) is 0 Å². The van der Waals surface area contributed by atoms with Crippen molar-refractivity contribution in [2.75, 3.05) is 0 Å². The molecule has 0 amide bonds. The highest BCUT2D eigenvalue weighted by atomic mass is 19.4. The van der Waals surface area contributed by atoms with Crippen LogP contribution in [-0.2, 0) is 0 Å². The maximum Gasteiger partial charge on any atom is 0.573 e. The first kappa shape index (κ1) is 9.89. The van der Waals surface area contributed by atoms with Crippen LogP contribution in [0.3, 0.4) is 0 Å². The van der Waals surface area contributed by atoms with Gasteiger partial charge in [-0.2, -0.15) is 0 Å². The molecule has 0 saturated heterocycles. The van der Waals surface area contributed by atoms with Gasteiger partial charge in [0.25, 0.3) is 0 Å². The molecule has 4 heteroatoms. The molecule has 1 radical (unpaired) electrons. The lowest BCUT2D eigenvalue weighted by Crippen LogP contribution is -2.17. The SMILES string of the molecule is [CH2]c1ccc(C)c(OC(F)(F)F)c1. The van der Waals surface area contributed by atoms with E-state index in [4.69, 9.17) is 0 Å². The average Bonchev–Trinajstić information content (AvgIpc) is 1.94. The number of benzene rings is 1. The number of aryl methyl sites for hydroxylation is 1. The largest absolute Gasteiger partial charge is 0.573 e. The van der Waals surface area contributed by atoms with E-state index in [9.17, 15) is 13.2 Å². The highest BCUT2D eigenvalue weighted by Crippen LogP contribution is 2.26. The summed E-state index contributed by atoms with van der Waals surface area (Å²) >= 11 is 0. The smallest absolute Gasteiger partial charge is 0.406 e. The van der Waals surface area contributed by atoms with Gasteiger partial charge in [0.05, 0.1) is 0 Å². The van der Waals surface area contributed by atoms with Crippen molar-refractivity contribution in [3.63, 3.8) is 0 Å². The second-order valence-corrected chi connectivity index (χ2v) is 2.65. The summed E-state index contributed by atoms with van der Waals surface area (Å²) in [6.45, 7) is 5.05. The third kappa shape index (κ3) is 2.97. The van der Waals surface area contributed by atoms with E-state index in [1.807, 2.05) is 0 Å². The van der Waals surface area contributed by atoms with E-state index < -0.39 is 6.36 Å². The Morgan fingerprint density at radius 1 is 1.31 bits per heavy atom. The summed E-state index contributed by atoms with van der Waals surface area (Å²) in [5.41, 5.74) is 0.926. The monoisotopic (exact) mass is 189 g/mol. The third-order valence-corrected chi connectivity index (χ3v) is 1.48. The molecule has 0 heterocycles. The summed E-state index contributed by atoms with van der Waals surface area (Å²) in [7, 11) is 0. The average molecular weight is 189 g/mol. The van der Waals surface area contributed by atoms with Crippen molar-refractivity contribution in [2.45, 2.75) is 13.3 Å². The Hall–Kier alpha value is -1.19. The fourth-order valence-electron chi connectivity index (χ4n) is 0.879. The molecule has 0 aliphatic heterocycles. The van der Waals surface area contributed by atoms with Crippen molar-refractivity contribution in [3.8, 4) is 5.75 Å². The van der Waals surface area contributed by atoms with Crippen LogP contribution < -0.4 is 4.74 Å². The van der Waals surface area contributed by atoms with Gasteiger partial charge in [-0.05, 0) is 31.0 Å². The molecule has 1 nitrogen and oxygen atoms in total. The summed E-state index contributed by atoms with van der Waals surface area (Å²) in [6, 6.07) is 4.41. The first-order valence-corrected chi connectivity index (χ1v) is 3.57. The maximum atomic E-state index is 11.8. The van der Waals surface area contributed by atoms with Gasteiger partial charge in [0, 0.05) is 0 Å². The molecule has 0 atom stereocenters. The predicted octanol–water partition coefficient (Wildman–Crippen LogP) is 3.08. The highest BCUT2D eigenvalue weighted by Gasteiger charge is 2.31. The number of halogens is 3. The van der Waals surface area contributed by atoms with E-state index >= 15 is 0 Å². The van der Waals surface area contributed by atoms with Crippen LogP contribution in [0.4, 0.5) is 13.2 Å². The van der Waals surface area contributed by atoms with Gasteiger partial charge in [-0.25, -0.2) is 0 Å². The van der Waals surface area contributed by atoms with Gasteiger partial charge >= 0.3 is 6.36 Å². The lowest BCUT2D eigenvalue weighted by molar-refractivity contribution is -0.274. The van der Waals surface area contributed by atoms with E-state index in [-0.39, 0.29) is 5.75 Å². The topological polar surface area (TPSA) is 9.23 Å². The fourth-order valence-corrected chi connectivity index (χ4v) is 0.879. The number of rotatable bonds is 1. The van der Waals surface area contributed by atoms with Crippen molar-refractivity contribution >= 4 is 0 Å². The normalized spacial score (nSPS) is 11.5. The second kappa shape index (κ2) is 3.28. The first-order chi connectivity index (χ1) is 5.88. The third-order valence-electron chi connectivity index (χ3n) is 1.48. The molecule has 0 unspecified atom stereocenters. The molecule has 0 aliphatic carbocycles. The lowest BCUT2D eigenvalue weighted by atomic mass is 10.1. The standard InChI is InChI=1S/C9H8F3O/c1-6-3-4-7(2)8(5-6)13-9(10,11)12/h3-5H,1H2,2H3. The number of ether oxygens (including phenoxy) is 1. The summed E-state index contributed by atoms with van der Waals surface area (Å²) in [5.74, 6) is -0.194. The van der Waals surface area contributed by atoms with Gasteiger partial charge in [0.2, 0.25) is 0 Å². The summed E-state index contributed by atoms with van der Waals surface area (Å²) < 4.78 is 39.2. The Balaban J connectivity index is 2.94. The molecule has 0 aromatic heterocycles. The molecule has 0 saturated carbocycles. The van der Waals surface area contributed by atoms with E-state index in [1.165, 1.54) is 12.1 Å². The van der Waals surface area contributed by atoms with E-state index in [1.54, 1.807) is 13.0 Å². The molecule has 1 aromatic rings. The Morgan fingerprint density at radius 2 is 1.92 bits per heavy atom. The van der Waals surface area contributed by atoms with Crippen molar-refractivity contribution in [1.29, 1.82) is 0 Å². The molecule has 0 N–H and O–H groups in total. The van der Waals surface area contributed by atoms with Crippen LogP contribution >= 0.6 is 0 Å². The van der Waals surface area contributed by atoms with Crippen LogP contribution in [0.1, 0.15) is 11.1 Å². The fraction of sp³-hybridized carbons (Fsp3) is 0.222. The summed E-state index contributed by atoms with van der Waals surface area (Å²) in [6.07, 6.45) is -4.64. The van der Waals surface area contributed by atoms with Gasteiger partial charge in [-0.3, -0.25) is 0 Å². The minimum absolute atomic E-state index is 0.194. The van der Waals surface area contributed by atoms with Crippen molar-refractivity contribution < 1.29 is 17.9 Å². The molecular weight excluding hydrogens is 181 g/mol. The Bertz CT molecular complexity index is 304. The van der Waals surface area contributed by atoms with Gasteiger partial charge in [0.15, 0.2) is 0 Å². The number of alkyl halides is 3. The van der Waals surface area contributed by atoms with Gasteiger partial charge in [-0.1, -0.05) is 12.1 Å². The molecule has 0 bridgehead atoms. The Kier molecular flexibility index (Phi) is 2.50. The molecule has 13 heavy (non-hydrogen) atoms. The number of hydrogen-bond acceptors (Lipinski definition) is 1. The van der Waals surface area contributed by atoms with Crippen molar-refractivity contribution in [2.24, 2.45) is 0 Å². The van der Waals surface area contributed by atoms with Crippen LogP contribution in [0.25, 0.3) is 0 Å². The summed E-state index contributed by atoms with van der Waals surface area (Å²) in [5, 5.41) is 0. The first-order valence-electron chi connectivity index (χ1n) is 3.57.